The van der Waals surface area contributed by atoms with Gasteiger partial charge >= 0.3 is 0 Å². The molecule has 1 aliphatic heterocycles. The second-order valence-electron chi connectivity index (χ2n) is 7.85. The molecule has 2 atom stereocenters. The molecule has 1 fully saturated rings. The van der Waals surface area contributed by atoms with Crippen molar-refractivity contribution in [1.82, 2.24) is 20.6 Å². The Morgan fingerprint density at radius 2 is 1.78 bits per heavy atom. The highest BCUT2D eigenvalue weighted by Crippen LogP contribution is 2.30. The summed E-state index contributed by atoms with van der Waals surface area (Å²) in [6.45, 7) is 2.05. The van der Waals surface area contributed by atoms with Crippen molar-refractivity contribution in [2.45, 2.75) is 25.7 Å². The number of benzene rings is 3. The number of aromatic nitrogens is 2. The van der Waals surface area contributed by atoms with E-state index in [0.717, 1.165) is 33.3 Å². The molecule has 1 aromatic heterocycles. The van der Waals surface area contributed by atoms with Gasteiger partial charge in [0.15, 0.2) is 6.29 Å². The van der Waals surface area contributed by atoms with Crippen molar-refractivity contribution in [3.63, 3.8) is 0 Å². The van der Waals surface area contributed by atoms with Gasteiger partial charge in [-0.25, -0.2) is 9.97 Å². The van der Waals surface area contributed by atoms with Crippen molar-refractivity contribution in [2.75, 3.05) is 5.32 Å². The summed E-state index contributed by atoms with van der Waals surface area (Å²) < 4.78 is 0. The Kier molecular flexibility index (Phi) is 5.47. The smallest absolute Gasteiger partial charge is 0.226 e. The lowest BCUT2D eigenvalue weighted by Gasteiger charge is -2.33. The van der Waals surface area contributed by atoms with E-state index in [1.54, 1.807) is 0 Å². The molecule has 3 aromatic carbocycles. The highest BCUT2D eigenvalue weighted by Gasteiger charge is 2.28. The molecule has 7 heteroatoms. The largest absolute Gasteiger partial charge is 0.323 e. The Morgan fingerprint density at radius 3 is 2.59 bits per heavy atom. The molecule has 32 heavy (non-hydrogen) atoms. The first-order valence-electron chi connectivity index (χ1n) is 10.5. The number of nitrogens with one attached hydrogen (secondary N) is 3. The molecule has 0 bridgehead atoms. The van der Waals surface area contributed by atoms with E-state index in [2.05, 4.69) is 33.9 Å². The van der Waals surface area contributed by atoms with Crippen molar-refractivity contribution in [2.24, 2.45) is 0 Å². The summed E-state index contributed by atoms with van der Waals surface area (Å²) in [5, 5.41) is 11.1. The number of hydrogen-bond acceptors (Lipinski definition) is 5. The van der Waals surface area contributed by atoms with E-state index in [1.807, 2.05) is 66.7 Å². The number of carbonyl (C=O) groups excluding carboxylic acids is 1. The third-order valence-corrected chi connectivity index (χ3v) is 5.84. The first-order valence-corrected chi connectivity index (χ1v) is 10.8. The molecule has 160 valence electrons. The molecule has 2 unspecified atom stereocenters. The summed E-state index contributed by atoms with van der Waals surface area (Å²) in [4.78, 5) is 21.9. The SMILES string of the molecule is Cc1ccccc1C1CC(=O)NC(Nc2nc(-c3ccccc3)c3cc(Cl)ccc3n2)N1. The number of halogens is 1. The number of hydrogen-bond donors (Lipinski definition) is 3. The van der Waals surface area contributed by atoms with Crippen LogP contribution in [-0.2, 0) is 4.79 Å². The van der Waals surface area contributed by atoms with Crippen LogP contribution in [0.3, 0.4) is 0 Å². The van der Waals surface area contributed by atoms with E-state index < -0.39 is 6.29 Å². The van der Waals surface area contributed by atoms with Crippen LogP contribution in [0.1, 0.15) is 23.6 Å². The van der Waals surface area contributed by atoms with Gasteiger partial charge in [-0.2, -0.15) is 0 Å². The number of aryl methyl sites for hydroxylation is 1. The Hall–Kier alpha value is -3.48. The van der Waals surface area contributed by atoms with Gasteiger partial charge in [0, 0.05) is 28.4 Å². The highest BCUT2D eigenvalue weighted by atomic mass is 35.5. The molecule has 6 nitrogen and oxygen atoms in total. The van der Waals surface area contributed by atoms with E-state index in [-0.39, 0.29) is 11.9 Å². The van der Waals surface area contributed by atoms with Crippen LogP contribution in [0.15, 0.2) is 72.8 Å². The fourth-order valence-electron chi connectivity index (χ4n) is 4.07. The summed E-state index contributed by atoms with van der Waals surface area (Å²) in [6, 6.07) is 23.4. The lowest BCUT2D eigenvalue weighted by molar-refractivity contribution is -0.124. The standard InChI is InChI=1S/C25H22ClN5O/c1-15-7-5-6-10-18(15)21-14-22(32)29-24(28-21)31-25-27-20-12-11-17(26)13-19(20)23(30-25)16-8-3-2-4-9-16/h2-13,21,24,28H,14H2,1H3,(H,29,32)(H,27,30,31). The Morgan fingerprint density at radius 1 is 1.00 bits per heavy atom. The predicted octanol–water partition coefficient (Wildman–Crippen LogP) is 4.80. The average Bonchev–Trinajstić information content (AvgIpc) is 2.79. The zero-order valence-corrected chi connectivity index (χ0v) is 18.2. The maximum atomic E-state index is 12.5. The molecule has 2 heterocycles. The van der Waals surface area contributed by atoms with Gasteiger partial charge < -0.3 is 10.6 Å². The molecule has 4 aromatic rings. The van der Waals surface area contributed by atoms with Crippen molar-refractivity contribution in [3.05, 3.63) is 88.9 Å². The van der Waals surface area contributed by atoms with Gasteiger partial charge in [0.1, 0.15) is 0 Å². The summed E-state index contributed by atoms with van der Waals surface area (Å²) in [6.07, 6.45) is -0.135. The Bertz CT molecular complexity index is 1290. The average molecular weight is 444 g/mol. The topological polar surface area (TPSA) is 78.9 Å². The zero-order chi connectivity index (χ0) is 22.1. The lowest BCUT2D eigenvalue weighted by Crippen LogP contribution is -2.57. The normalized spacial score (nSPS) is 18.4. The Balaban J connectivity index is 1.49. The van der Waals surface area contributed by atoms with Crippen LogP contribution in [0.4, 0.5) is 5.95 Å². The summed E-state index contributed by atoms with van der Waals surface area (Å²) >= 11 is 6.25. The van der Waals surface area contributed by atoms with Gasteiger partial charge in [0.25, 0.3) is 0 Å². The molecular weight excluding hydrogens is 422 g/mol. The molecule has 1 saturated heterocycles. The Labute approximate surface area is 191 Å². The maximum absolute atomic E-state index is 12.5. The van der Waals surface area contributed by atoms with Gasteiger partial charge in [-0.05, 0) is 36.2 Å². The van der Waals surface area contributed by atoms with Crippen LogP contribution in [0, 0.1) is 6.92 Å². The highest BCUT2D eigenvalue weighted by molar-refractivity contribution is 6.31. The van der Waals surface area contributed by atoms with E-state index in [0.29, 0.717) is 17.4 Å². The quantitative estimate of drug-likeness (QED) is 0.422. The van der Waals surface area contributed by atoms with Crippen molar-refractivity contribution in [3.8, 4) is 11.3 Å². The number of nitrogens with zero attached hydrogens (tertiary/aromatic N) is 2. The van der Waals surface area contributed by atoms with Gasteiger partial charge in [-0.15, -0.1) is 0 Å². The van der Waals surface area contributed by atoms with E-state index in [4.69, 9.17) is 16.6 Å². The van der Waals surface area contributed by atoms with E-state index in [1.165, 1.54) is 0 Å². The lowest BCUT2D eigenvalue weighted by atomic mass is 9.97. The number of rotatable bonds is 4. The van der Waals surface area contributed by atoms with Crippen molar-refractivity contribution >= 4 is 34.4 Å². The van der Waals surface area contributed by atoms with E-state index >= 15 is 0 Å². The van der Waals surface area contributed by atoms with Crippen LogP contribution < -0.4 is 16.0 Å². The number of amides is 1. The summed E-state index contributed by atoms with van der Waals surface area (Å²) in [5.74, 6) is 0.382. The van der Waals surface area contributed by atoms with Gasteiger partial charge in [0.05, 0.1) is 11.2 Å². The number of carbonyl (C=O) groups is 1. The molecule has 1 amide bonds. The minimum Gasteiger partial charge on any atom is -0.323 e. The maximum Gasteiger partial charge on any atom is 0.226 e. The second kappa shape index (κ2) is 8.57. The predicted molar refractivity (Wildman–Crippen MR) is 127 cm³/mol. The minimum atomic E-state index is -0.505. The van der Waals surface area contributed by atoms with Gasteiger partial charge in [-0.1, -0.05) is 66.2 Å². The van der Waals surface area contributed by atoms with Crippen LogP contribution in [0.5, 0.6) is 0 Å². The van der Waals surface area contributed by atoms with E-state index in [9.17, 15) is 4.79 Å². The second-order valence-corrected chi connectivity index (χ2v) is 8.28. The monoisotopic (exact) mass is 443 g/mol. The first kappa shape index (κ1) is 20.4. The fraction of sp³-hybridized carbons (Fsp3) is 0.160. The number of anilines is 1. The van der Waals surface area contributed by atoms with Crippen LogP contribution in [0.25, 0.3) is 22.2 Å². The summed E-state index contributed by atoms with van der Waals surface area (Å²) in [5.41, 5.74) is 4.75. The molecular formula is C25H22ClN5O. The van der Waals surface area contributed by atoms with Gasteiger partial charge in [0.2, 0.25) is 11.9 Å². The molecule has 0 saturated carbocycles. The van der Waals surface area contributed by atoms with Gasteiger partial charge in [-0.3, -0.25) is 10.1 Å². The molecule has 1 aliphatic rings. The van der Waals surface area contributed by atoms with Crippen LogP contribution in [-0.4, -0.2) is 22.2 Å². The zero-order valence-electron chi connectivity index (χ0n) is 17.5. The van der Waals surface area contributed by atoms with Crippen LogP contribution >= 0.6 is 11.6 Å². The third kappa shape index (κ3) is 4.15. The third-order valence-electron chi connectivity index (χ3n) is 5.61. The molecule has 0 aliphatic carbocycles. The molecule has 5 rings (SSSR count). The van der Waals surface area contributed by atoms with Crippen LogP contribution in [0.2, 0.25) is 5.02 Å². The molecule has 0 radical (unpaired) electrons. The minimum absolute atomic E-state index is 0.0367. The fourth-order valence-corrected chi connectivity index (χ4v) is 4.24. The molecule has 3 N–H and O–H groups in total. The summed E-state index contributed by atoms with van der Waals surface area (Å²) in [7, 11) is 0. The molecule has 0 spiro atoms. The van der Waals surface area contributed by atoms with Crippen molar-refractivity contribution in [1.29, 1.82) is 0 Å². The first-order chi connectivity index (χ1) is 15.6. The van der Waals surface area contributed by atoms with Crippen molar-refractivity contribution < 1.29 is 4.79 Å². The number of fused-ring (bicyclic) bond motifs is 1.